The summed E-state index contributed by atoms with van der Waals surface area (Å²) < 4.78 is 0. The maximum absolute atomic E-state index is 3.47. The Morgan fingerprint density at radius 3 is 1.63 bits per heavy atom. The molecule has 0 bridgehead atoms. The van der Waals surface area contributed by atoms with Crippen molar-refractivity contribution in [1.29, 1.82) is 0 Å². The predicted molar refractivity (Wildman–Crippen MR) is 92.3 cm³/mol. The molecule has 0 aliphatic carbocycles. The summed E-state index contributed by atoms with van der Waals surface area (Å²) in [6.45, 7) is 9.06. The fourth-order valence-electron chi connectivity index (χ4n) is 1.75. The van der Waals surface area contributed by atoms with E-state index in [0.717, 1.165) is 45.8 Å². The van der Waals surface area contributed by atoms with E-state index in [1.54, 1.807) is 0 Å². The molecule has 1 heterocycles. The van der Waals surface area contributed by atoms with Gasteiger partial charge in [-0.25, -0.2) is 0 Å². The van der Waals surface area contributed by atoms with Gasteiger partial charge in [-0.15, -0.1) is 0 Å². The summed E-state index contributed by atoms with van der Waals surface area (Å²) >= 11 is 0. The van der Waals surface area contributed by atoms with Crippen LogP contribution in [0.25, 0.3) is 0 Å². The molecule has 1 aliphatic rings. The lowest BCUT2D eigenvalue weighted by atomic mass is 10.3. The van der Waals surface area contributed by atoms with Crippen LogP contribution < -0.4 is 16.0 Å². The van der Waals surface area contributed by atoms with Crippen LogP contribution in [-0.2, 0) is 0 Å². The van der Waals surface area contributed by atoms with Gasteiger partial charge in [0, 0.05) is 26.2 Å². The van der Waals surface area contributed by atoms with Crippen LogP contribution in [0.3, 0.4) is 0 Å². The number of nitrogens with zero attached hydrogens (tertiary/aromatic N) is 1. The standard InChI is InChI=1S/C11H26N4.4CH4/c1-15-10-3-6-13-8-7-12-4-2-5-14-9-11-15;;;;/h12-14H,2-11H2,1H3;4*1H4. The third kappa shape index (κ3) is 17.8. The molecule has 0 aromatic carbocycles. The normalized spacial score (nSPS) is 19.4. The Hall–Kier alpha value is -0.160. The average molecular weight is 279 g/mol. The Morgan fingerprint density at radius 1 is 0.579 bits per heavy atom. The zero-order chi connectivity index (χ0) is 10.8. The molecule has 0 aromatic heterocycles. The Labute approximate surface area is 123 Å². The summed E-state index contributed by atoms with van der Waals surface area (Å²) in [5.74, 6) is 0. The summed E-state index contributed by atoms with van der Waals surface area (Å²) in [5, 5.41) is 10.4. The molecule has 0 amide bonds. The lowest BCUT2D eigenvalue weighted by Gasteiger charge is -2.17. The van der Waals surface area contributed by atoms with Gasteiger partial charge in [0.05, 0.1) is 0 Å². The second-order valence-electron chi connectivity index (χ2n) is 4.26. The van der Waals surface area contributed by atoms with Crippen molar-refractivity contribution >= 4 is 0 Å². The van der Waals surface area contributed by atoms with E-state index < -0.39 is 0 Å². The highest BCUT2D eigenvalue weighted by molar-refractivity contribution is 4.60. The molecule has 4 heteroatoms. The Bertz CT molecular complexity index is 128. The summed E-state index contributed by atoms with van der Waals surface area (Å²) in [7, 11) is 2.20. The van der Waals surface area contributed by atoms with Crippen molar-refractivity contribution in [3.63, 3.8) is 0 Å². The maximum atomic E-state index is 3.47. The first-order valence-corrected chi connectivity index (χ1v) is 6.20. The van der Waals surface area contributed by atoms with Crippen molar-refractivity contribution in [2.45, 2.75) is 42.5 Å². The highest BCUT2D eigenvalue weighted by Crippen LogP contribution is 1.86. The molecule has 0 unspecified atom stereocenters. The number of rotatable bonds is 0. The lowest BCUT2D eigenvalue weighted by molar-refractivity contribution is 0.323. The van der Waals surface area contributed by atoms with E-state index in [1.165, 1.54) is 19.4 Å². The molecule has 1 rings (SSSR count). The smallest absolute Gasteiger partial charge is 0.0104 e. The minimum atomic E-state index is 0. The van der Waals surface area contributed by atoms with E-state index >= 15 is 0 Å². The van der Waals surface area contributed by atoms with Crippen LogP contribution in [0, 0.1) is 0 Å². The average Bonchev–Trinajstić information content (AvgIpc) is 2.24. The minimum Gasteiger partial charge on any atom is -0.315 e. The Kier molecular flexibility index (Phi) is 28.9. The van der Waals surface area contributed by atoms with E-state index in [0.29, 0.717) is 0 Å². The largest absolute Gasteiger partial charge is 0.315 e. The fourth-order valence-corrected chi connectivity index (χ4v) is 1.75. The van der Waals surface area contributed by atoms with Crippen molar-refractivity contribution < 1.29 is 0 Å². The monoisotopic (exact) mass is 278 g/mol. The molecular formula is C15H42N4. The SMILES string of the molecule is C.C.C.C.CN1CCCNCCNCCCNCC1. The van der Waals surface area contributed by atoms with Crippen LogP contribution in [0.2, 0.25) is 0 Å². The van der Waals surface area contributed by atoms with Crippen LogP contribution in [0.5, 0.6) is 0 Å². The molecule has 1 fully saturated rings. The summed E-state index contributed by atoms with van der Waals surface area (Å²) in [6, 6.07) is 0. The van der Waals surface area contributed by atoms with Gasteiger partial charge < -0.3 is 20.9 Å². The molecule has 4 nitrogen and oxygen atoms in total. The van der Waals surface area contributed by atoms with Crippen molar-refractivity contribution in [2.75, 3.05) is 59.4 Å². The molecule has 0 radical (unpaired) electrons. The molecule has 0 atom stereocenters. The number of nitrogens with one attached hydrogen (secondary N) is 3. The van der Waals surface area contributed by atoms with Gasteiger partial charge in [-0.3, -0.25) is 0 Å². The Balaban J connectivity index is -0.000000281. The molecule has 1 aliphatic heterocycles. The van der Waals surface area contributed by atoms with Gasteiger partial charge in [-0.1, -0.05) is 29.7 Å². The van der Waals surface area contributed by atoms with Crippen molar-refractivity contribution in [2.24, 2.45) is 0 Å². The van der Waals surface area contributed by atoms with E-state index in [9.17, 15) is 0 Å². The molecule has 122 valence electrons. The Morgan fingerprint density at radius 2 is 1.05 bits per heavy atom. The van der Waals surface area contributed by atoms with Crippen LogP contribution >= 0.6 is 0 Å². The molecular weight excluding hydrogens is 236 g/mol. The van der Waals surface area contributed by atoms with Crippen LogP contribution in [0.4, 0.5) is 0 Å². The molecule has 0 spiro atoms. The highest BCUT2D eigenvalue weighted by atomic mass is 15.1. The topological polar surface area (TPSA) is 39.3 Å². The zero-order valence-corrected chi connectivity index (χ0v) is 10.0. The van der Waals surface area contributed by atoms with E-state index in [-0.39, 0.29) is 29.7 Å². The fraction of sp³-hybridized carbons (Fsp3) is 1.00. The quantitative estimate of drug-likeness (QED) is 0.634. The first kappa shape index (κ1) is 27.2. The molecule has 3 N–H and O–H groups in total. The van der Waals surface area contributed by atoms with Gasteiger partial charge in [0.15, 0.2) is 0 Å². The second kappa shape index (κ2) is 20.2. The maximum Gasteiger partial charge on any atom is 0.0104 e. The third-order valence-corrected chi connectivity index (χ3v) is 2.75. The van der Waals surface area contributed by atoms with Gasteiger partial charge in [0.1, 0.15) is 0 Å². The van der Waals surface area contributed by atoms with Crippen molar-refractivity contribution in [3.05, 3.63) is 0 Å². The van der Waals surface area contributed by atoms with Crippen LogP contribution in [0.1, 0.15) is 42.5 Å². The van der Waals surface area contributed by atoms with Gasteiger partial charge in [-0.2, -0.15) is 0 Å². The third-order valence-electron chi connectivity index (χ3n) is 2.75. The summed E-state index contributed by atoms with van der Waals surface area (Å²) in [5.41, 5.74) is 0. The van der Waals surface area contributed by atoms with Crippen molar-refractivity contribution in [3.8, 4) is 0 Å². The molecule has 1 saturated heterocycles. The van der Waals surface area contributed by atoms with Gasteiger partial charge in [-0.05, 0) is 46.1 Å². The molecule has 19 heavy (non-hydrogen) atoms. The van der Waals surface area contributed by atoms with E-state index in [1.807, 2.05) is 0 Å². The number of likely N-dealkylation sites (N-methyl/N-ethyl adjacent to an activating group) is 1. The lowest BCUT2D eigenvalue weighted by Crippen LogP contribution is -2.35. The minimum absolute atomic E-state index is 0. The van der Waals surface area contributed by atoms with Crippen molar-refractivity contribution in [1.82, 2.24) is 20.9 Å². The highest BCUT2D eigenvalue weighted by Gasteiger charge is 1.98. The predicted octanol–water partition coefficient (Wildman–Crippen LogP) is 2.03. The summed E-state index contributed by atoms with van der Waals surface area (Å²) in [4.78, 5) is 2.40. The van der Waals surface area contributed by atoms with Gasteiger partial charge in [0.2, 0.25) is 0 Å². The van der Waals surface area contributed by atoms with Gasteiger partial charge >= 0.3 is 0 Å². The van der Waals surface area contributed by atoms with E-state index in [2.05, 4.69) is 27.9 Å². The number of hydrogen-bond donors (Lipinski definition) is 3. The first-order chi connectivity index (χ1) is 7.39. The zero-order valence-electron chi connectivity index (χ0n) is 10.0. The molecule has 0 aromatic rings. The van der Waals surface area contributed by atoms with E-state index in [4.69, 9.17) is 0 Å². The van der Waals surface area contributed by atoms with Crippen LogP contribution in [-0.4, -0.2) is 64.3 Å². The summed E-state index contributed by atoms with van der Waals surface area (Å²) in [6.07, 6.45) is 2.47. The number of hydrogen-bond acceptors (Lipinski definition) is 4. The first-order valence-electron chi connectivity index (χ1n) is 6.20. The van der Waals surface area contributed by atoms with Crippen LogP contribution in [0.15, 0.2) is 0 Å². The van der Waals surface area contributed by atoms with Gasteiger partial charge in [0.25, 0.3) is 0 Å². The second-order valence-corrected chi connectivity index (χ2v) is 4.26. The molecule has 0 saturated carbocycles.